The van der Waals surface area contributed by atoms with Gasteiger partial charge in [-0.15, -0.1) is 0 Å². The molecular formula is C11H20N4. The summed E-state index contributed by atoms with van der Waals surface area (Å²) in [7, 11) is 0. The van der Waals surface area contributed by atoms with Crippen LogP contribution in [0.15, 0.2) is 12.3 Å². The van der Waals surface area contributed by atoms with Crippen molar-refractivity contribution < 1.29 is 0 Å². The van der Waals surface area contributed by atoms with Crippen molar-refractivity contribution in [2.75, 3.05) is 23.7 Å². The van der Waals surface area contributed by atoms with Gasteiger partial charge in [0.1, 0.15) is 5.82 Å². The van der Waals surface area contributed by atoms with Gasteiger partial charge < -0.3 is 10.6 Å². The van der Waals surface area contributed by atoms with E-state index < -0.39 is 0 Å². The SMILES string of the molecule is CCC(C)CN(CC)c1ccnc(N)n1. The molecular weight excluding hydrogens is 188 g/mol. The van der Waals surface area contributed by atoms with Crippen molar-refractivity contribution in [3.8, 4) is 0 Å². The van der Waals surface area contributed by atoms with Crippen molar-refractivity contribution in [3.63, 3.8) is 0 Å². The summed E-state index contributed by atoms with van der Waals surface area (Å²) < 4.78 is 0. The molecule has 4 nitrogen and oxygen atoms in total. The van der Waals surface area contributed by atoms with E-state index in [2.05, 4.69) is 35.6 Å². The quantitative estimate of drug-likeness (QED) is 0.803. The number of nitrogens with two attached hydrogens (primary N) is 1. The largest absolute Gasteiger partial charge is 0.368 e. The van der Waals surface area contributed by atoms with Crippen molar-refractivity contribution in [2.45, 2.75) is 27.2 Å². The predicted octanol–water partition coefficient (Wildman–Crippen LogP) is 1.93. The Morgan fingerprint density at radius 1 is 1.47 bits per heavy atom. The fourth-order valence-corrected chi connectivity index (χ4v) is 1.43. The number of anilines is 2. The van der Waals surface area contributed by atoms with Gasteiger partial charge >= 0.3 is 0 Å². The van der Waals surface area contributed by atoms with Gasteiger partial charge in [-0.25, -0.2) is 4.98 Å². The summed E-state index contributed by atoms with van der Waals surface area (Å²) in [5.41, 5.74) is 5.57. The highest BCUT2D eigenvalue weighted by atomic mass is 15.2. The highest BCUT2D eigenvalue weighted by Gasteiger charge is 2.09. The Morgan fingerprint density at radius 3 is 2.73 bits per heavy atom. The molecule has 0 bridgehead atoms. The van der Waals surface area contributed by atoms with E-state index in [1.165, 1.54) is 6.42 Å². The first-order chi connectivity index (χ1) is 7.17. The zero-order valence-electron chi connectivity index (χ0n) is 9.77. The number of rotatable bonds is 5. The van der Waals surface area contributed by atoms with Gasteiger partial charge in [-0.2, -0.15) is 4.98 Å². The van der Waals surface area contributed by atoms with Gasteiger partial charge in [0.05, 0.1) is 0 Å². The fourth-order valence-electron chi connectivity index (χ4n) is 1.43. The van der Waals surface area contributed by atoms with Crippen LogP contribution < -0.4 is 10.6 Å². The Hall–Kier alpha value is -1.32. The normalized spacial score (nSPS) is 12.5. The lowest BCUT2D eigenvalue weighted by atomic mass is 10.1. The van der Waals surface area contributed by atoms with Gasteiger partial charge in [0.15, 0.2) is 0 Å². The number of nitrogen functional groups attached to an aromatic ring is 1. The van der Waals surface area contributed by atoms with Gasteiger partial charge in [-0.05, 0) is 18.9 Å². The molecule has 0 aliphatic carbocycles. The molecule has 0 saturated heterocycles. The lowest BCUT2D eigenvalue weighted by Crippen LogP contribution is -2.29. The molecule has 1 unspecified atom stereocenters. The van der Waals surface area contributed by atoms with Crippen molar-refractivity contribution in [1.82, 2.24) is 9.97 Å². The molecule has 84 valence electrons. The third-order valence-electron chi connectivity index (χ3n) is 2.59. The van der Waals surface area contributed by atoms with Gasteiger partial charge in [-0.1, -0.05) is 20.3 Å². The Bertz CT molecular complexity index is 300. The molecule has 2 N–H and O–H groups in total. The summed E-state index contributed by atoms with van der Waals surface area (Å²) in [5, 5.41) is 0. The number of nitrogens with zero attached hydrogens (tertiary/aromatic N) is 3. The number of hydrogen-bond donors (Lipinski definition) is 1. The van der Waals surface area contributed by atoms with Crippen LogP contribution >= 0.6 is 0 Å². The molecule has 0 spiro atoms. The molecule has 1 aromatic rings. The predicted molar refractivity (Wildman–Crippen MR) is 63.8 cm³/mol. The lowest BCUT2D eigenvalue weighted by molar-refractivity contribution is 0.545. The average molecular weight is 208 g/mol. The van der Waals surface area contributed by atoms with E-state index in [9.17, 15) is 0 Å². The third-order valence-corrected chi connectivity index (χ3v) is 2.59. The van der Waals surface area contributed by atoms with E-state index >= 15 is 0 Å². The number of aromatic nitrogens is 2. The molecule has 0 aromatic carbocycles. The van der Waals surface area contributed by atoms with E-state index in [1.807, 2.05) is 6.07 Å². The molecule has 0 amide bonds. The zero-order valence-corrected chi connectivity index (χ0v) is 9.77. The summed E-state index contributed by atoms with van der Waals surface area (Å²) in [5.74, 6) is 1.93. The molecule has 0 aliphatic heterocycles. The van der Waals surface area contributed by atoms with E-state index in [-0.39, 0.29) is 0 Å². The Kier molecular flexibility index (Phi) is 4.34. The molecule has 1 heterocycles. The van der Waals surface area contributed by atoms with Gasteiger partial charge in [0.2, 0.25) is 5.95 Å². The monoisotopic (exact) mass is 208 g/mol. The molecule has 1 atom stereocenters. The minimum absolute atomic E-state index is 0.343. The van der Waals surface area contributed by atoms with E-state index in [0.29, 0.717) is 11.9 Å². The fraction of sp³-hybridized carbons (Fsp3) is 0.636. The smallest absolute Gasteiger partial charge is 0.221 e. The molecule has 0 saturated carbocycles. The second-order valence-corrected chi connectivity index (χ2v) is 3.83. The summed E-state index contributed by atoms with van der Waals surface area (Å²) in [4.78, 5) is 10.3. The van der Waals surface area contributed by atoms with E-state index in [0.717, 1.165) is 18.9 Å². The summed E-state index contributed by atoms with van der Waals surface area (Å²) >= 11 is 0. The van der Waals surface area contributed by atoms with Crippen molar-refractivity contribution in [2.24, 2.45) is 5.92 Å². The van der Waals surface area contributed by atoms with Gasteiger partial charge in [0.25, 0.3) is 0 Å². The molecule has 0 aliphatic rings. The zero-order chi connectivity index (χ0) is 11.3. The van der Waals surface area contributed by atoms with Crippen molar-refractivity contribution in [1.29, 1.82) is 0 Å². The molecule has 1 rings (SSSR count). The van der Waals surface area contributed by atoms with Crippen LogP contribution in [-0.4, -0.2) is 23.1 Å². The van der Waals surface area contributed by atoms with Crippen LogP contribution in [0, 0.1) is 5.92 Å². The molecule has 0 fully saturated rings. The van der Waals surface area contributed by atoms with Crippen LogP contribution in [-0.2, 0) is 0 Å². The van der Waals surface area contributed by atoms with Crippen LogP contribution in [0.3, 0.4) is 0 Å². The topological polar surface area (TPSA) is 55.0 Å². The summed E-state index contributed by atoms with van der Waals surface area (Å²) in [6.07, 6.45) is 2.88. The van der Waals surface area contributed by atoms with Crippen LogP contribution in [0.5, 0.6) is 0 Å². The standard InChI is InChI=1S/C11H20N4/c1-4-9(3)8-15(5-2)10-6-7-13-11(12)14-10/h6-7,9H,4-5,8H2,1-3H3,(H2,12,13,14). The molecule has 15 heavy (non-hydrogen) atoms. The van der Waals surface area contributed by atoms with Gasteiger partial charge in [-0.3, -0.25) is 0 Å². The first kappa shape index (κ1) is 11.8. The highest BCUT2D eigenvalue weighted by molar-refractivity contribution is 5.40. The van der Waals surface area contributed by atoms with Crippen LogP contribution in [0.1, 0.15) is 27.2 Å². The second kappa shape index (κ2) is 5.53. The highest BCUT2D eigenvalue weighted by Crippen LogP contribution is 2.13. The molecule has 0 radical (unpaired) electrons. The van der Waals surface area contributed by atoms with Crippen molar-refractivity contribution in [3.05, 3.63) is 12.3 Å². The minimum Gasteiger partial charge on any atom is -0.368 e. The Balaban J connectivity index is 2.73. The lowest BCUT2D eigenvalue weighted by Gasteiger charge is -2.24. The Morgan fingerprint density at radius 2 is 2.20 bits per heavy atom. The van der Waals surface area contributed by atoms with Crippen LogP contribution in [0.2, 0.25) is 0 Å². The van der Waals surface area contributed by atoms with Crippen LogP contribution in [0.4, 0.5) is 11.8 Å². The molecule has 4 heteroatoms. The Labute approximate surface area is 91.5 Å². The second-order valence-electron chi connectivity index (χ2n) is 3.83. The summed E-state index contributed by atoms with van der Waals surface area (Å²) in [6, 6.07) is 1.90. The van der Waals surface area contributed by atoms with E-state index in [4.69, 9.17) is 5.73 Å². The maximum atomic E-state index is 5.57. The van der Waals surface area contributed by atoms with Gasteiger partial charge in [0, 0.05) is 19.3 Å². The number of hydrogen-bond acceptors (Lipinski definition) is 4. The maximum Gasteiger partial charge on any atom is 0.221 e. The minimum atomic E-state index is 0.343. The summed E-state index contributed by atoms with van der Waals surface area (Å²) in [6.45, 7) is 8.53. The van der Waals surface area contributed by atoms with Crippen molar-refractivity contribution >= 4 is 11.8 Å². The molecule has 1 aromatic heterocycles. The first-order valence-electron chi connectivity index (χ1n) is 5.50. The van der Waals surface area contributed by atoms with E-state index in [1.54, 1.807) is 6.20 Å². The first-order valence-corrected chi connectivity index (χ1v) is 5.50. The average Bonchev–Trinajstić information content (AvgIpc) is 2.25. The van der Waals surface area contributed by atoms with Crippen LogP contribution in [0.25, 0.3) is 0 Å². The third kappa shape index (κ3) is 3.38. The maximum absolute atomic E-state index is 5.57.